The molecule has 0 aliphatic heterocycles. The number of thioether (sulfide) groups is 1. The summed E-state index contributed by atoms with van der Waals surface area (Å²) in [7, 11) is 0. The fourth-order valence-corrected chi connectivity index (χ4v) is 2.78. The summed E-state index contributed by atoms with van der Waals surface area (Å²) in [5.41, 5.74) is 0.466. The van der Waals surface area contributed by atoms with E-state index in [1.165, 1.54) is 23.9 Å². The number of benzene rings is 2. The van der Waals surface area contributed by atoms with Crippen molar-refractivity contribution in [3.8, 4) is 0 Å². The van der Waals surface area contributed by atoms with Crippen molar-refractivity contribution in [1.29, 1.82) is 0 Å². The summed E-state index contributed by atoms with van der Waals surface area (Å²) in [5, 5.41) is 12.9. The number of anilines is 1. The highest BCUT2D eigenvalue weighted by molar-refractivity contribution is 8.00. The lowest BCUT2D eigenvalue weighted by Crippen LogP contribution is -2.15. The second-order valence-corrected chi connectivity index (χ2v) is 6.31. The number of hydrogen-bond donors (Lipinski definition) is 1. The third-order valence-corrected chi connectivity index (χ3v) is 4.42. The molecule has 2 aromatic carbocycles. The van der Waals surface area contributed by atoms with Crippen molar-refractivity contribution >= 4 is 29.0 Å². The molecule has 0 spiro atoms. The maximum atomic E-state index is 13.5. The topological polar surface area (TPSA) is 72.2 Å². The molecule has 0 aromatic heterocycles. The monoisotopic (exact) mass is 352 g/mol. The van der Waals surface area contributed by atoms with Crippen LogP contribution in [0.15, 0.2) is 42.5 Å². The molecule has 0 fully saturated rings. The lowest BCUT2D eigenvalue weighted by atomic mass is 10.1. The molecule has 1 atom stereocenters. The van der Waals surface area contributed by atoms with Crippen molar-refractivity contribution in [2.24, 2.45) is 0 Å². The molecule has 5 nitrogen and oxygen atoms in total. The van der Waals surface area contributed by atoms with Crippen LogP contribution in [0.1, 0.15) is 17.7 Å². The van der Waals surface area contributed by atoms with Gasteiger partial charge < -0.3 is 5.32 Å². The van der Waals surface area contributed by atoms with Crippen LogP contribution in [-0.4, -0.2) is 16.6 Å². The van der Waals surface area contributed by atoms with Gasteiger partial charge in [0.2, 0.25) is 5.91 Å². The molecule has 8 heteroatoms. The number of amides is 1. The van der Waals surface area contributed by atoms with E-state index in [1.807, 2.05) is 0 Å². The van der Waals surface area contributed by atoms with E-state index in [2.05, 4.69) is 5.32 Å². The zero-order chi connectivity index (χ0) is 17.7. The van der Waals surface area contributed by atoms with Crippen LogP contribution in [0.2, 0.25) is 0 Å². The summed E-state index contributed by atoms with van der Waals surface area (Å²) in [6.45, 7) is 1.81. The van der Waals surface area contributed by atoms with Crippen LogP contribution >= 0.6 is 11.8 Å². The Labute approximate surface area is 141 Å². The van der Waals surface area contributed by atoms with Gasteiger partial charge in [0, 0.05) is 23.4 Å². The highest BCUT2D eigenvalue weighted by Gasteiger charge is 2.14. The smallest absolute Gasteiger partial charge is 0.269 e. The van der Waals surface area contributed by atoms with Crippen LogP contribution in [0.25, 0.3) is 0 Å². The summed E-state index contributed by atoms with van der Waals surface area (Å²) in [6, 6.07) is 8.94. The zero-order valence-corrected chi connectivity index (χ0v) is 13.5. The van der Waals surface area contributed by atoms with Crippen LogP contribution in [-0.2, 0) is 4.79 Å². The molecule has 1 amide bonds. The molecule has 0 saturated heterocycles. The van der Waals surface area contributed by atoms with E-state index in [4.69, 9.17) is 0 Å². The van der Waals surface area contributed by atoms with Gasteiger partial charge in [-0.2, -0.15) is 0 Å². The molecule has 0 radical (unpaired) electrons. The molecule has 0 bridgehead atoms. The molecule has 0 saturated carbocycles. The Hall–Kier alpha value is -2.48. The van der Waals surface area contributed by atoms with E-state index in [-0.39, 0.29) is 22.4 Å². The molecule has 0 unspecified atom stereocenters. The first kappa shape index (κ1) is 17.9. The largest absolute Gasteiger partial charge is 0.323 e. The lowest BCUT2D eigenvalue weighted by molar-refractivity contribution is -0.384. The van der Waals surface area contributed by atoms with E-state index in [0.29, 0.717) is 5.56 Å². The Morgan fingerprint density at radius 1 is 1.29 bits per heavy atom. The van der Waals surface area contributed by atoms with E-state index < -0.39 is 22.5 Å². The summed E-state index contributed by atoms with van der Waals surface area (Å²) < 4.78 is 26.5. The molecular formula is C16H14F2N2O3S. The summed E-state index contributed by atoms with van der Waals surface area (Å²) in [4.78, 5) is 22.1. The molecule has 2 rings (SSSR count). The van der Waals surface area contributed by atoms with Crippen molar-refractivity contribution in [1.82, 2.24) is 0 Å². The van der Waals surface area contributed by atoms with Gasteiger partial charge in [-0.1, -0.05) is 12.1 Å². The van der Waals surface area contributed by atoms with Gasteiger partial charge in [-0.25, -0.2) is 8.78 Å². The Bertz CT molecular complexity index is 771. The standard InChI is InChI=1S/C16H14F2N2O3S/c1-10(11-3-2-4-13(7-11)20(22)23)24-9-16(21)19-15-8-12(17)5-6-14(15)18/h2-8,10H,9H2,1H3,(H,19,21)/t10-/m1/s1. The van der Waals surface area contributed by atoms with Gasteiger partial charge >= 0.3 is 0 Å². The molecule has 2 aromatic rings. The number of nitrogens with one attached hydrogen (secondary N) is 1. The molecule has 0 aliphatic carbocycles. The molecule has 24 heavy (non-hydrogen) atoms. The first-order chi connectivity index (χ1) is 11.4. The van der Waals surface area contributed by atoms with Crippen molar-refractivity contribution in [3.05, 3.63) is 69.8 Å². The van der Waals surface area contributed by atoms with Gasteiger partial charge in [0.1, 0.15) is 11.6 Å². The lowest BCUT2D eigenvalue weighted by Gasteiger charge is -2.12. The Balaban J connectivity index is 1.95. The van der Waals surface area contributed by atoms with Gasteiger partial charge in [-0.3, -0.25) is 14.9 Å². The van der Waals surface area contributed by atoms with Crippen molar-refractivity contribution < 1.29 is 18.5 Å². The number of nitro benzene ring substituents is 1. The van der Waals surface area contributed by atoms with E-state index in [9.17, 15) is 23.7 Å². The summed E-state index contributed by atoms with van der Waals surface area (Å²) in [6.07, 6.45) is 0. The number of carbonyl (C=O) groups is 1. The van der Waals surface area contributed by atoms with Gasteiger partial charge in [-0.15, -0.1) is 11.8 Å². The van der Waals surface area contributed by atoms with Gasteiger partial charge in [0.15, 0.2) is 0 Å². The highest BCUT2D eigenvalue weighted by atomic mass is 32.2. The van der Waals surface area contributed by atoms with E-state index in [0.717, 1.165) is 18.2 Å². The minimum Gasteiger partial charge on any atom is -0.323 e. The van der Waals surface area contributed by atoms with Crippen LogP contribution in [0.3, 0.4) is 0 Å². The minimum absolute atomic E-state index is 0.000187. The second-order valence-electron chi connectivity index (χ2n) is 4.98. The number of rotatable bonds is 6. The molecule has 126 valence electrons. The number of nitrogens with zero attached hydrogens (tertiary/aromatic N) is 1. The van der Waals surface area contributed by atoms with Crippen molar-refractivity contribution in [2.45, 2.75) is 12.2 Å². The van der Waals surface area contributed by atoms with Gasteiger partial charge in [-0.05, 0) is 24.6 Å². The Morgan fingerprint density at radius 3 is 2.75 bits per heavy atom. The maximum absolute atomic E-state index is 13.5. The number of nitro groups is 1. The second kappa shape index (κ2) is 7.87. The van der Waals surface area contributed by atoms with Gasteiger partial charge in [0.05, 0.1) is 16.4 Å². The maximum Gasteiger partial charge on any atom is 0.269 e. The minimum atomic E-state index is -0.721. The average Bonchev–Trinajstić information content (AvgIpc) is 2.56. The first-order valence-electron chi connectivity index (χ1n) is 6.97. The number of hydrogen-bond acceptors (Lipinski definition) is 4. The third kappa shape index (κ3) is 4.76. The van der Waals surface area contributed by atoms with Crippen LogP contribution in [0.5, 0.6) is 0 Å². The predicted octanol–water partition coefficient (Wildman–Crippen LogP) is 4.31. The molecule has 1 N–H and O–H groups in total. The van der Waals surface area contributed by atoms with E-state index in [1.54, 1.807) is 19.1 Å². The average molecular weight is 352 g/mol. The molecule has 0 aliphatic rings. The van der Waals surface area contributed by atoms with Crippen LogP contribution in [0, 0.1) is 21.7 Å². The van der Waals surface area contributed by atoms with Crippen LogP contribution < -0.4 is 5.32 Å². The summed E-state index contributed by atoms with van der Waals surface area (Å²) >= 11 is 1.24. The SMILES string of the molecule is C[C@@H](SCC(=O)Nc1cc(F)ccc1F)c1cccc([N+](=O)[O-])c1. The third-order valence-electron chi connectivity index (χ3n) is 3.22. The first-order valence-corrected chi connectivity index (χ1v) is 8.02. The summed E-state index contributed by atoms with van der Waals surface area (Å²) in [5.74, 6) is -1.85. The Kier molecular flexibility index (Phi) is 5.86. The fraction of sp³-hybridized carbons (Fsp3) is 0.188. The molecule has 0 heterocycles. The number of halogens is 2. The number of carbonyl (C=O) groups excluding carboxylic acids is 1. The zero-order valence-electron chi connectivity index (χ0n) is 12.7. The Morgan fingerprint density at radius 2 is 2.04 bits per heavy atom. The predicted molar refractivity (Wildman–Crippen MR) is 89.0 cm³/mol. The van der Waals surface area contributed by atoms with Crippen molar-refractivity contribution in [2.75, 3.05) is 11.1 Å². The number of non-ortho nitro benzene ring substituents is 1. The van der Waals surface area contributed by atoms with Crippen molar-refractivity contribution in [3.63, 3.8) is 0 Å². The fourth-order valence-electron chi connectivity index (χ4n) is 1.97. The van der Waals surface area contributed by atoms with Gasteiger partial charge in [0.25, 0.3) is 5.69 Å². The van der Waals surface area contributed by atoms with E-state index >= 15 is 0 Å². The highest BCUT2D eigenvalue weighted by Crippen LogP contribution is 2.30. The normalized spacial score (nSPS) is 11.8. The quantitative estimate of drug-likeness (QED) is 0.621. The van der Waals surface area contributed by atoms with Crippen LogP contribution in [0.4, 0.5) is 20.2 Å². The molecular weight excluding hydrogens is 338 g/mol.